The van der Waals surface area contributed by atoms with Gasteiger partial charge in [-0.25, -0.2) is 8.42 Å². The third-order valence-corrected chi connectivity index (χ3v) is 6.93. The van der Waals surface area contributed by atoms with Crippen LogP contribution in [-0.2, 0) is 16.6 Å². The van der Waals surface area contributed by atoms with E-state index in [0.717, 1.165) is 12.1 Å². The first kappa shape index (κ1) is 21.0. The molecule has 1 aliphatic rings. The summed E-state index contributed by atoms with van der Waals surface area (Å²) < 4.78 is 37.6. The van der Waals surface area contributed by atoms with Crippen molar-refractivity contribution in [3.8, 4) is 11.5 Å². The van der Waals surface area contributed by atoms with Crippen molar-refractivity contribution in [1.82, 2.24) is 4.31 Å². The maximum atomic E-state index is 12.8. The van der Waals surface area contributed by atoms with Gasteiger partial charge in [-0.15, -0.1) is 0 Å². The maximum absolute atomic E-state index is 12.8. The van der Waals surface area contributed by atoms with E-state index in [1.165, 1.54) is 33.5 Å². The molecule has 2 aromatic carbocycles. The van der Waals surface area contributed by atoms with Gasteiger partial charge in [0.15, 0.2) is 11.5 Å². The van der Waals surface area contributed by atoms with Crippen LogP contribution in [-0.4, -0.2) is 58.0 Å². The van der Waals surface area contributed by atoms with Crippen molar-refractivity contribution >= 4 is 15.7 Å². The van der Waals surface area contributed by atoms with Gasteiger partial charge in [0.25, 0.3) is 5.69 Å². The lowest BCUT2D eigenvalue weighted by atomic mass is 10.1. The molecule has 1 aliphatic heterocycles. The summed E-state index contributed by atoms with van der Waals surface area (Å²) in [7, 11) is -0.475. The van der Waals surface area contributed by atoms with E-state index in [9.17, 15) is 18.5 Å². The molecule has 0 aromatic heterocycles. The Morgan fingerprint density at radius 3 is 2.21 bits per heavy atom. The highest BCUT2D eigenvalue weighted by atomic mass is 32.2. The van der Waals surface area contributed by atoms with Crippen LogP contribution in [0.25, 0.3) is 0 Å². The monoisotopic (exact) mass is 422 g/mol. The van der Waals surface area contributed by atoms with Crippen molar-refractivity contribution in [3.05, 3.63) is 58.1 Å². The van der Waals surface area contributed by atoms with Gasteiger partial charge in [0.05, 0.1) is 50.2 Å². The van der Waals surface area contributed by atoms with E-state index in [0.29, 0.717) is 37.7 Å². The first-order chi connectivity index (χ1) is 13.8. The standard InChI is InChI=1S/C19H23N3O6S/c1-27-18-8-3-15(13-19(18)28-2)14-20-9-11-21(12-10-20)29(25,26)17-6-4-16(5-7-17)22(23)24/h3-8,13H,9-12,14H2,1-2H3/p+1. The molecule has 10 heteroatoms. The molecule has 0 amide bonds. The molecule has 1 saturated heterocycles. The number of methoxy groups -OCH3 is 2. The average Bonchev–Trinajstić information content (AvgIpc) is 2.74. The molecular formula is C19H24N3O6S+. The minimum atomic E-state index is -3.66. The summed E-state index contributed by atoms with van der Waals surface area (Å²) in [5.41, 5.74) is 0.956. The van der Waals surface area contributed by atoms with Crippen molar-refractivity contribution in [2.45, 2.75) is 11.4 Å². The van der Waals surface area contributed by atoms with Crippen molar-refractivity contribution in [1.29, 1.82) is 0 Å². The van der Waals surface area contributed by atoms with E-state index in [4.69, 9.17) is 9.47 Å². The number of piperazine rings is 1. The lowest BCUT2D eigenvalue weighted by Gasteiger charge is -2.31. The largest absolute Gasteiger partial charge is 0.493 e. The zero-order chi connectivity index (χ0) is 21.0. The molecule has 9 nitrogen and oxygen atoms in total. The number of quaternary nitrogens is 1. The highest BCUT2D eigenvalue weighted by molar-refractivity contribution is 7.89. The fraction of sp³-hybridized carbons (Fsp3) is 0.368. The van der Waals surface area contributed by atoms with Crippen LogP contribution in [0.1, 0.15) is 5.56 Å². The van der Waals surface area contributed by atoms with Gasteiger partial charge in [-0.2, -0.15) is 4.31 Å². The molecule has 1 heterocycles. The Morgan fingerprint density at radius 1 is 1.03 bits per heavy atom. The third-order valence-electron chi connectivity index (χ3n) is 5.02. The molecule has 1 fully saturated rings. The van der Waals surface area contributed by atoms with Gasteiger partial charge in [0, 0.05) is 17.7 Å². The second-order valence-corrected chi connectivity index (χ2v) is 8.71. The summed E-state index contributed by atoms with van der Waals surface area (Å²) in [5.74, 6) is 1.34. The van der Waals surface area contributed by atoms with Crippen LogP contribution in [0.2, 0.25) is 0 Å². The lowest BCUT2D eigenvalue weighted by Crippen LogP contribution is -3.13. The Labute approximate surface area is 169 Å². The van der Waals surface area contributed by atoms with Crippen molar-refractivity contribution in [2.24, 2.45) is 0 Å². The van der Waals surface area contributed by atoms with E-state index in [-0.39, 0.29) is 10.6 Å². The molecule has 0 saturated carbocycles. The van der Waals surface area contributed by atoms with Crippen LogP contribution >= 0.6 is 0 Å². The highest BCUT2D eigenvalue weighted by Gasteiger charge is 2.30. The Balaban J connectivity index is 1.63. The second-order valence-electron chi connectivity index (χ2n) is 6.77. The normalized spacial score (nSPS) is 15.8. The Morgan fingerprint density at radius 2 is 1.66 bits per heavy atom. The molecule has 29 heavy (non-hydrogen) atoms. The number of nitrogens with one attached hydrogen (secondary N) is 1. The number of non-ortho nitro benzene ring substituents is 1. The molecule has 1 N–H and O–H groups in total. The summed E-state index contributed by atoms with van der Waals surface area (Å²) in [6.45, 7) is 2.87. The molecule has 0 atom stereocenters. The van der Waals surface area contributed by atoms with E-state index < -0.39 is 14.9 Å². The minimum absolute atomic E-state index is 0.0754. The van der Waals surface area contributed by atoms with E-state index >= 15 is 0 Å². The van der Waals surface area contributed by atoms with Crippen LogP contribution in [0.5, 0.6) is 11.5 Å². The predicted molar refractivity (Wildman–Crippen MR) is 106 cm³/mol. The molecule has 0 spiro atoms. The number of sulfonamides is 1. The first-order valence-corrected chi connectivity index (χ1v) is 10.6. The maximum Gasteiger partial charge on any atom is 0.269 e. The number of rotatable bonds is 7. The lowest BCUT2D eigenvalue weighted by molar-refractivity contribution is -0.917. The number of benzene rings is 2. The molecule has 0 aliphatic carbocycles. The van der Waals surface area contributed by atoms with Crippen LogP contribution in [0, 0.1) is 10.1 Å². The zero-order valence-electron chi connectivity index (χ0n) is 16.3. The molecule has 3 rings (SSSR count). The van der Waals surface area contributed by atoms with Crippen molar-refractivity contribution in [3.63, 3.8) is 0 Å². The van der Waals surface area contributed by atoms with Gasteiger partial charge < -0.3 is 14.4 Å². The van der Waals surface area contributed by atoms with Gasteiger partial charge >= 0.3 is 0 Å². The van der Waals surface area contributed by atoms with Crippen LogP contribution in [0.15, 0.2) is 47.4 Å². The summed E-state index contributed by atoms with van der Waals surface area (Å²) >= 11 is 0. The van der Waals surface area contributed by atoms with Gasteiger partial charge in [0.1, 0.15) is 6.54 Å². The van der Waals surface area contributed by atoms with E-state index in [1.807, 2.05) is 18.2 Å². The minimum Gasteiger partial charge on any atom is -0.493 e. The molecule has 0 radical (unpaired) electrons. The zero-order valence-corrected chi connectivity index (χ0v) is 17.1. The van der Waals surface area contributed by atoms with Gasteiger partial charge in [-0.1, -0.05) is 0 Å². The fourth-order valence-corrected chi connectivity index (χ4v) is 4.83. The second kappa shape index (κ2) is 8.76. The summed E-state index contributed by atoms with van der Waals surface area (Å²) in [5, 5.41) is 10.8. The summed E-state index contributed by atoms with van der Waals surface area (Å²) in [6.07, 6.45) is 0. The Bertz CT molecular complexity index is 970. The molecule has 156 valence electrons. The smallest absolute Gasteiger partial charge is 0.269 e. The Hall–Kier alpha value is -2.69. The third kappa shape index (κ3) is 4.66. The average molecular weight is 422 g/mol. The predicted octanol–water partition coefficient (Wildman–Crippen LogP) is 0.701. The SMILES string of the molecule is COc1ccc(C[NH+]2CCN(S(=O)(=O)c3ccc([N+](=O)[O-])cc3)CC2)cc1OC. The quantitative estimate of drug-likeness (QED) is 0.521. The topological polar surface area (TPSA) is 103 Å². The van der Waals surface area contributed by atoms with Crippen LogP contribution in [0.4, 0.5) is 5.69 Å². The summed E-state index contributed by atoms with van der Waals surface area (Å²) in [6, 6.07) is 10.8. The van der Waals surface area contributed by atoms with Crippen LogP contribution in [0.3, 0.4) is 0 Å². The van der Waals surface area contributed by atoms with Gasteiger partial charge in [-0.05, 0) is 30.3 Å². The van der Waals surface area contributed by atoms with Gasteiger partial charge in [-0.3, -0.25) is 10.1 Å². The number of nitro groups is 1. The first-order valence-electron chi connectivity index (χ1n) is 9.14. The highest BCUT2D eigenvalue weighted by Crippen LogP contribution is 2.27. The van der Waals surface area contributed by atoms with E-state index in [2.05, 4.69) is 0 Å². The number of hydrogen-bond acceptors (Lipinski definition) is 6. The number of nitrogens with zero attached hydrogens (tertiary/aromatic N) is 2. The van der Waals surface area contributed by atoms with Crippen molar-refractivity contribution in [2.75, 3.05) is 40.4 Å². The molecular weight excluding hydrogens is 398 g/mol. The molecule has 0 unspecified atom stereocenters. The molecule has 0 bridgehead atoms. The number of nitro benzene ring substituents is 1. The van der Waals surface area contributed by atoms with E-state index in [1.54, 1.807) is 14.2 Å². The number of ether oxygens (including phenoxy) is 2. The Kier molecular flexibility index (Phi) is 6.36. The van der Waals surface area contributed by atoms with Crippen LogP contribution < -0.4 is 14.4 Å². The van der Waals surface area contributed by atoms with Gasteiger partial charge in [0.2, 0.25) is 10.0 Å². The number of hydrogen-bond donors (Lipinski definition) is 1. The summed E-state index contributed by atoms with van der Waals surface area (Å²) in [4.78, 5) is 11.6. The molecule has 2 aromatic rings. The fourth-order valence-electron chi connectivity index (χ4n) is 3.39. The van der Waals surface area contributed by atoms with Crippen molar-refractivity contribution < 1.29 is 27.7 Å².